The maximum atomic E-state index is 3.58. The molecule has 3 heteroatoms. The highest BCUT2D eigenvalue weighted by Gasteiger charge is 2.23. The molecule has 2 unspecified atom stereocenters. The maximum Gasteiger partial charge on any atom is 0.0701 e. The molecule has 102 valence electrons. The van der Waals surface area contributed by atoms with Gasteiger partial charge in [-0.05, 0) is 72.3 Å². The predicted molar refractivity (Wildman–Crippen MR) is 84.3 cm³/mol. The predicted octanol–water partition coefficient (Wildman–Crippen LogP) is 4.86. The Balaban J connectivity index is 1.96. The molecule has 0 amide bonds. The average Bonchev–Trinajstić information content (AvgIpc) is 2.64. The number of hydrogen-bond acceptors (Lipinski definition) is 2. The first-order chi connectivity index (χ1) is 8.79. The minimum Gasteiger partial charge on any atom is -0.317 e. The number of halogens is 1. The second kappa shape index (κ2) is 7.66. The van der Waals surface area contributed by atoms with Crippen LogP contribution in [0.1, 0.15) is 43.9 Å². The lowest BCUT2D eigenvalue weighted by Crippen LogP contribution is -2.28. The summed E-state index contributed by atoms with van der Waals surface area (Å²) in [4.78, 5) is 1.55. The second-order valence-corrected chi connectivity index (χ2v) is 7.92. The molecule has 1 aliphatic rings. The molecule has 0 spiro atoms. The van der Waals surface area contributed by atoms with E-state index >= 15 is 0 Å². The van der Waals surface area contributed by atoms with E-state index in [0.717, 1.165) is 18.4 Å². The molecule has 1 aromatic rings. The molecule has 1 nitrogen and oxygen atoms in total. The molecular weight excluding hydrogens is 306 g/mol. The minimum absolute atomic E-state index is 0.883. The van der Waals surface area contributed by atoms with Gasteiger partial charge in [0.15, 0.2) is 0 Å². The lowest BCUT2D eigenvalue weighted by atomic mass is 9.85. The molecule has 1 saturated carbocycles. The van der Waals surface area contributed by atoms with Gasteiger partial charge in [-0.3, -0.25) is 0 Å². The first-order valence-corrected chi connectivity index (χ1v) is 8.85. The van der Waals surface area contributed by atoms with Crippen LogP contribution in [0.2, 0.25) is 0 Å². The van der Waals surface area contributed by atoms with Gasteiger partial charge in [-0.2, -0.15) is 0 Å². The van der Waals surface area contributed by atoms with Crippen molar-refractivity contribution in [3.05, 3.63) is 20.8 Å². The molecule has 0 aromatic carbocycles. The van der Waals surface area contributed by atoms with Gasteiger partial charge in [-0.25, -0.2) is 0 Å². The standard InChI is InChI=1S/C15H24BrNS/c1-2-17-11-13-7-5-3-4-6-12(13)10-14-8-9-15(16)18-14/h8-9,12-13,17H,2-7,10-11H2,1H3. The van der Waals surface area contributed by atoms with E-state index in [4.69, 9.17) is 0 Å². The van der Waals surface area contributed by atoms with Crippen molar-refractivity contribution in [2.45, 2.75) is 45.4 Å². The summed E-state index contributed by atoms with van der Waals surface area (Å²) in [7, 11) is 0. The van der Waals surface area contributed by atoms with Crippen molar-refractivity contribution < 1.29 is 0 Å². The van der Waals surface area contributed by atoms with E-state index in [9.17, 15) is 0 Å². The minimum atomic E-state index is 0.883. The van der Waals surface area contributed by atoms with Crippen LogP contribution in [0.15, 0.2) is 15.9 Å². The number of rotatable bonds is 5. The van der Waals surface area contributed by atoms with E-state index in [2.05, 4.69) is 40.3 Å². The molecule has 2 rings (SSSR count). The number of nitrogens with one attached hydrogen (secondary N) is 1. The van der Waals surface area contributed by atoms with Crippen molar-refractivity contribution >= 4 is 27.3 Å². The third-order valence-electron chi connectivity index (χ3n) is 4.07. The van der Waals surface area contributed by atoms with Crippen molar-refractivity contribution in [2.75, 3.05) is 13.1 Å². The molecule has 0 bridgehead atoms. The highest BCUT2D eigenvalue weighted by Crippen LogP contribution is 2.33. The van der Waals surface area contributed by atoms with Gasteiger partial charge in [0.25, 0.3) is 0 Å². The lowest BCUT2D eigenvalue weighted by molar-refractivity contribution is 0.301. The Morgan fingerprint density at radius 2 is 2.00 bits per heavy atom. The van der Waals surface area contributed by atoms with Gasteiger partial charge in [0, 0.05) is 4.88 Å². The van der Waals surface area contributed by atoms with Crippen LogP contribution in [-0.4, -0.2) is 13.1 Å². The summed E-state index contributed by atoms with van der Waals surface area (Å²) in [5.41, 5.74) is 0. The maximum absolute atomic E-state index is 3.58. The van der Waals surface area contributed by atoms with Crippen molar-refractivity contribution in [3.8, 4) is 0 Å². The smallest absolute Gasteiger partial charge is 0.0701 e. The molecule has 1 heterocycles. The summed E-state index contributed by atoms with van der Waals surface area (Å²) in [5.74, 6) is 1.77. The third-order valence-corrected chi connectivity index (χ3v) is 5.71. The van der Waals surface area contributed by atoms with Gasteiger partial charge in [0.05, 0.1) is 3.79 Å². The first kappa shape index (κ1) is 14.5. The Morgan fingerprint density at radius 3 is 2.67 bits per heavy atom. The van der Waals surface area contributed by atoms with Crippen molar-refractivity contribution in [2.24, 2.45) is 11.8 Å². The molecule has 1 aliphatic carbocycles. The Bertz CT molecular complexity index is 350. The summed E-state index contributed by atoms with van der Waals surface area (Å²) in [6, 6.07) is 4.49. The summed E-state index contributed by atoms with van der Waals surface area (Å²) in [6.45, 7) is 4.53. The van der Waals surface area contributed by atoms with E-state index in [1.54, 1.807) is 4.88 Å². The van der Waals surface area contributed by atoms with Crippen LogP contribution in [-0.2, 0) is 6.42 Å². The van der Waals surface area contributed by atoms with E-state index in [1.165, 1.54) is 48.9 Å². The van der Waals surface area contributed by atoms with E-state index in [1.807, 2.05) is 11.3 Å². The zero-order valence-electron chi connectivity index (χ0n) is 11.3. The Hall–Kier alpha value is 0.140. The Morgan fingerprint density at radius 1 is 1.22 bits per heavy atom. The zero-order valence-corrected chi connectivity index (χ0v) is 13.7. The van der Waals surface area contributed by atoms with Crippen LogP contribution in [0.4, 0.5) is 0 Å². The Kier molecular flexibility index (Phi) is 6.19. The van der Waals surface area contributed by atoms with Crippen LogP contribution in [0.5, 0.6) is 0 Å². The van der Waals surface area contributed by atoms with E-state index in [0.29, 0.717) is 0 Å². The molecule has 18 heavy (non-hydrogen) atoms. The van der Waals surface area contributed by atoms with Gasteiger partial charge < -0.3 is 5.32 Å². The third kappa shape index (κ3) is 4.36. The van der Waals surface area contributed by atoms with Crippen LogP contribution in [0.3, 0.4) is 0 Å². The second-order valence-electron chi connectivity index (χ2n) is 5.38. The molecule has 0 saturated heterocycles. The first-order valence-electron chi connectivity index (χ1n) is 7.24. The van der Waals surface area contributed by atoms with Gasteiger partial charge in [0.1, 0.15) is 0 Å². The van der Waals surface area contributed by atoms with E-state index < -0.39 is 0 Å². The van der Waals surface area contributed by atoms with Gasteiger partial charge in [-0.15, -0.1) is 11.3 Å². The zero-order chi connectivity index (χ0) is 12.8. The lowest BCUT2D eigenvalue weighted by Gasteiger charge is -2.25. The van der Waals surface area contributed by atoms with E-state index in [-0.39, 0.29) is 0 Å². The number of thiophene rings is 1. The average molecular weight is 330 g/mol. The van der Waals surface area contributed by atoms with Gasteiger partial charge in [-0.1, -0.05) is 26.2 Å². The van der Waals surface area contributed by atoms with Crippen LogP contribution >= 0.6 is 27.3 Å². The quantitative estimate of drug-likeness (QED) is 0.760. The summed E-state index contributed by atoms with van der Waals surface area (Å²) < 4.78 is 1.27. The molecule has 2 atom stereocenters. The van der Waals surface area contributed by atoms with Crippen LogP contribution in [0, 0.1) is 11.8 Å². The summed E-state index contributed by atoms with van der Waals surface area (Å²) in [5, 5.41) is 3.56. The number of hydrogen-bond donors (Lipinski definition) is 1. The molecular formula is C15H24BrNS. The van der Waals surface area contributed by atoms with Crippen molar-refractivity contribution in [3.63, 3.8) is 0 Å². The fourth-order valence-electron chi connectivity index (χ4n) is 3.05. The van der Waals surface area contributed by atoms with Crippen LogP contribution < -0.4 is 5.32 Å². The fourth-order valence-corrected chi connectivity index (χ4v) is 4.62. The Labute approximate surface area is 123 Å². The topological polar surface area (TPSA) is 12.0 Å². The summed E-state index contributed by atoms with van der Waals surface area (Å²) in [6.07, 6.45) is 8.43. The van der Waals surface area contributed by atoms with Crippen molar-refractivity contribution in [1.29, 1.82) is 0 Å². The molecule has 1 fully saturated rings. The van der Waals surface area contributed by atoms with Crippen molar-refractivity contribution in [1.82, 2.24) is 5.32 Å². The molecule has 0 aliphatic heterocycles. The van der Waals surface area contributed by atoms with Crippen LogP contribution in [0.25, 0.3) is 0 Å². The van der Waals surface area contributed by atoms with Gasteiger partial charge >= 0.3 is 0 Å². The molecule has 1 aromatic heterocycles. The highest BCUT2D eigenvalue weighted by molar-refractivity contribution is 9.11. The van der Waals surface area contributed by atoms with Gasteiger partial charge in [0.2, 0.25) is 0 Å². The largest absolute Gasteiger partial charge is 0.317 e. The molecule has 1 N–H and O–H groups in total. The SMILES string of the molecule is CCNCC1CCCCCC1Cc1ccc(Br)s1. The summed E-state index contributed by atoms with van der Waals surface area (Å²) >= 11 is 5.49. The highest BCUT2D eigenvalue weighted by atomic mass is 79.9. The molecule has 0 radical (unpaired) electrons. The fraction of sp³-hybridized carbons (Fsp3) is 0.733. The normalized spacial score (nSPS) is 25.0. The monoisotopic (exact) mass is 329 g/mol.